The van der Waals surface area contributed by atoms with Crippen LogP contribution in [0.3, 0.4) is 0 Å². The van der Waals surface area contributed by atoms with Gasteiger partial charge in [-0.1, -0.05) is 54.1 Å². The van der Waals surface area contributed by atoms with Crippen molar-refractivity contribution in [2.24, 2.45) is 0 Å². The van der Waals surface area contributed by atoms with Crippen molar-refractivity contribution >= 4 is 23.3 Å². The first-order valence-corrected chi connectivity index (χ1v) is 10.3. The standard InChI is InChI=1S/C26H23NO4/c1-17-9-11-19(12-10-17)25(29)22-7-2-3-8-23(22)26(30)31-16-24(28)27-21-14-13-18-5-4-6-20(18)15-21/h2-3,7-15H,4-6,16H2,1H3,(H,27,28). The number of ketones is 1. The molecule has 0 atom stereocenters. The molecule has 156 valence electrons. The van der Waals surface area contributed by atoms with E-state index in [-0.39, 0.29) is 16.9 Å². The Morgan fingerprint density at radius 1 is 0.871 bits per heavy atom. The molecule has 0 heterocycles. The smallest absolute Gasteiger partial charge is 0.339 e. The number of hydrogen-bond acceptors (Lipinski definition) is 4. The third-order valence-corrected chi connectivity index (χ3v) is 5.42. The van der Waals surface area contributed by atoms with Crippen LogP contribution in [0, 0.1) is 6.92 Å². The second-order valence-electron chi connectivity index (χ2n) is 7.70. The lowest BCUT2D eigenvalue weighted by Gasteiger charge is -2.10. The zero-order valence-corrected chi connectivity index (χ0v) is 17.3. The third kappa shape index (κ3) is 4.72. The molecule has 0 unspecified atom stereocenters. The van der Waals surface area contributed by atoms with E-state index < -0.39 is 18.5 Å². The fourth-order valence-electron chi connectivity index (χ4n) is 3.78. The predicted molar refractivity (Wildman–Crippen MR) is 118 cm³/mol. The van der Waals surface area contributed by atoms with Gasteiger partial charge in [-0.3, -0.25) is 9.59 Å². The Hall–Kier alpha value is -3.73. The van der Waals surface area contributed by atoms with E-state index >= 15 is 0 Å². The maximum absolute atomic E-state index is 12.9. The van der Waals surface area contributed by atoms with Gasteiger partial charge in [0.25, 0.3) is 5.91 Å². The number of anilines is 1. The summed E-state index contributed by atoms with van der Waals surface area (Å²) < 4.78 is 5.20. The van der Waals surface area contributed by atoms with Gasteiger partial charge in [-0.15, -0.1) is 0 Å². The Labute approximate surface area is 181 Å². The zero-order chi connectivity index (χ0) is 21.8. The summed E-state index contributed by atoms with van der Waals surface area (Å²) in [5.41, 5.74) is 5.17. The number of carbonyl (C=O) groups excluding carboxylic acids is 3. The normalized spacial score (nSPS) is 12.2. The third-order valence-electron chi connectivity index (χ3n) is 5.42. The molecule has 0 spiro atoms. The molecule has 0 saturated carbocycles. The quantitative estimate of drug-likeness (QED) is 0.477. The molecule has 1 N–H and O–H groups in total. The summed E-state index contributed by atoms with van der Waals surface area (Å²) in [6.45, 7) is 1.51. The Kier molecular flexibility index (Phi) is 5.94. The molecule has 0 aromatic heterocycles. The minimum absolute atomic E-state index is 0.137. The second kappa shape index (κ2) is 8.96. The van der Waals surface area contributed by atoms with Crippen LogP contribution < -0.4 is 5.32 Å². The molecule has 0 aliphatic heterocycles. The molecule has 3 aromatic carbocycles. The molecule has 0 radical (unpaired) electrons. The molecule has 5 heteroatoms. The van der Waals surface area contributed by atoms with Crippen molar-refractivity contribution in [3.05, 3.63) is 100 Å². The first kappa shape index (κ1) is 20.5. The maximum atomic E-state index is 12.9. The van der Waals surface area contributed by atoms with Gasteiger partial charge in [0.2, 0.25) is 0 Å². The maximum Gasteiger partial charge on any atom is 0.339 e. The number of fused-ring (bicyclic) bond motifs is 1. The molecule has 1 aliphatic carbocycles. The van der Waals surface area contributed by atoms with E-state index in [0.717, 1.165) is 24.8 Å². The van der Waals surface area contributed by atoms with Crippen LogP contribution in [-0.4, -0.2) is 24.3 Å². The summed E-state index contributed by atoms with van der Waals surface area (Å²) in [5, 5.41) is 2.76. The highest BCUT2D eigenvalue weighted by Gasteiger charge is 2.20. The average Bonchev–Trinajstić information content (AvgIpc) is 3.25. The number of esters is 1. The van der Waals surface area contributed by atoms with E-state index in [1.54, 1.807) is 30.3 Å². The van der Waals surface area contributed by atoms with Gasteiger partial charge in [0, 0.05) is 16.8 Å². The van der Waals surface area contributed by atoms with Gasteiger partial charge in [-0.2, -0.15) is 0 Å². The van der Waals surface area contributed by atoms with Crippen molar-refractivity contribution in [3.63, 3.8) is 0 Å². The fourth-order valence-corrected chi connectivity index (χ4v) is 3.78. The number of nitrogens with one attached hydrogen (secondary N) is 1. The molecule has 31 heavy (non-hydrogen) atoms. The Balaban J connectivity index is 1.41. The van der Waals surface area contributed by atoms with Crippen LogP contribution >= 0.6 is 0 Å². The number of benzene rings is 3. The molecular weight excluding hydrogens is 390 g/mol. The molecule has 0 saturated heterocycles. The van der Waals surface area contributed by atoms with Crippen molar-refractivity contribution in [1.82, 2.24) is 0 Å². The van der Waals surface area contributed by atoms with Gasteiger partial charge in [0.1, 0.15) is 0 Å². The van der Waals surface area contributed by atoms with Gasteiger partial charge < -0.3 is 10.1 Å². The number of ether oxygens (including phenoxy) is 1. The van der Waals surface area contributed by atoms with Crippen molar-refractivity contribution in [2.75, 3.05) is 11.9 Å². The largest absolute Gasteiger partial charge is 0.452 e. The van der Waals surface area contributed by atoms with Crippen molar-refractivity contribution < 1.29 is 19.1 Å². The first-order valence-electron chi connectivity index (χ1n) is 10.3. The summed E-state index contributed by atoms with van der Waals surface area (Å²) >= 11 is 0. The van der Waals surface area contributed by atoms with Crippen LogP contribution in [0.4, 0.5) is 5.69 Å². The van der Waals surface area contributed by atoms with Gasteiger partial charge in [0.05, 0.1) is 5.56 Å². The molecular formula is C26H23NO4. The molecule has 0 bridgehead atoms. The van der Waals surface area contributed by atoms with Crippen molar-refractivity contribution in [1.29, 1.82) is 0 Å². The average molecular weight is 413 g/mol. The molecule has 1 amide bonds. The lowest BCUT2D eigenvalue weighted by molar-refractivity contribution is -0.119. The highest BCUT2D eigenvalue weighted by Crippen LogP contribution is 2.25. The minimum Gasteiger partial charge on any atom is -0.452 e. The number of amides is 1. The van der Waals surface area contributed by atoms with Crippen LogP contribution in [0.25, 0.3) is 0 Å². The second-order valence-corrected chi connectivity index (χ2v) is 7.70. The van der Waals surface area contributed by atoms with E-state index in [9.17, 15) is 14.4 Å². The van der Waals surface area contributed by atoms with Crippen molar-refractivity contribution in [2.45, 2.75) is 26.2 Å². The van der Waals surface area contributed by atoms with E-state index in [1.807, 2.05) is 37.3 Å². The number of aryl methyl sites for hydroxylation is 3. The summed E-state index contributed by atoms with van der Waals surface area (Å²) in [6.07, 6.45) is 3.22. The highest BCUT2D eigenvalue weighted by molar-refractivity contribution is 6.14. The monoisotopic (exact) mass is 413 g/mol. The summed E-state index contributed by atoms with van der Waals surface area (Å²) in [5.74, 6) is -1.40. The molecule has 0 fully saturated rings. The minimum atomic E-state index is -0.708. The topological polar surface area (TPSA) is 72.5 Å². The van der Waals surface area contributed by atoms with Crippen molar-refractivity contribution in [3.8, 4) is 0 Å². The molecule has 1 aliphatic rings. The molecule has 5 nitrogen and oxygen atoms in total. The Bertz CT molecular complexity index is 1150. The number of hydrogen-bond donors (Lipinski definition) is 1. The van der Waals surface area contributed by atoms with E-state index in [2.05, 4.69) is 5.32 Å². The Morgan fingerprint density at radius 2 is 1.58 bits per heavy atom. The SMILES string of the molecule is Cc1ccc(C(=O)c2ccccc2C(=O)OCC(=O)Nc2ccc3c(c2)CCC3)cc1. The van der Waals surface area contributed by atoms with Crippen LogP contribution in [0.5, 0.6) is 0 Å². The predicted octanol–water partition coefficient (Wildman–Crippen LogP) is 4.51. The summed E-state index contributed by atoms with van der Waals surface area (Å²) in [4.78, 5) is 37.7. The fraction of sp³-hybridized carbons (Fsp3) is 0.192. The van der Waals surface area contributed by atoms with Gasteiger partial charge >= 0.3 is 5.97 Å². The van der Waals surface area contributed by atoms with Crippen LogP contribution in [0.1, 0.15) is 49.4 Å². The van der Waals surface area contributed by atoms with Crippen LogP contribution in [0.15, 0.2) is 66.7 Å². The lowest BCUT2D eigenvalue weighted by Crippen LogP contribution is -2.22. The zero-order valence-electron chi connectivity index (χ0n) is 17.3. The Morgan fingerprint density at radius 3 is 2.35 bits per heavy atom. The summed E-state index contributed by atoms with van der Waals surface area (Å²) in [7, 11) is 0. The molecule has 4 rings (SSSR count). The number of carbonyl (C=O) groups is 3. The van der Waals surface area contributed by atoms with E-state index in [4.69, 9.17) is 4.74 Å². The van der Waals surface area contributed by atoms with Gasteiger partial charge in [0.15, 0.2) is 12.4 Å². The first-order chi connectivity index (χ1) is 15.0. The van der Waals surface area contributed by atoms with E-state index in [1.165, 1.54) is 17.2 Å². The molecule has 3 aromatic rings. The van der Waals surface area contributed by atoms with Gasteiger partial charge in [-0.05, 0) is 55.5 Å². The lowest BCUT2D eigenvalue weighted by atomic mass is 9.98. The van der Waals surface area contributed by atoms with Crippen LogP contribution in [-0.2, 0) is 22.4 Å². The summed E-state index contributed by atoms with van der Waals surface area (Å²) in [6, 6.07) is 19.5. The number of rotatable bonds is 6. The highest BCUT2D eigenvalue weighted by atomic mass is 16.5. The van der Waals surface area contributed by atoms with Crippen LogP contribution in [0.2, 0.25) is 0 Å². The van der Waals surface area contributed by atoms with Gasteiger partial charge in [-0.25, -0.2) is 4.79 Å². The van der Waals surface area contributed by atoms with E-state index in [0.29, 0.717) is 11.3 Å².